The average Bonchev–Trinajstić information content (AvgIpc) is 3.05. The number of benzene rings is 4. The monoisotopic (exact) mass is 405 g/mol. The van der Waals surface area contributed by atoms with Crippen LogP contribution in [0.15, 0.2) is 91.0 Å². The van der Waals surface area contributed by atoms with Crippen LogP contribution in [0.1, 0.15) is 25.0 Å². The van der Waals surface area contributed by atoms with E-state index in [4.69, 9.17) is 4.74 Å². The minimum absolute atomic E-state index is 0.00210. The molecule has 0 fully saturated rings. The fourth-order valence-corrected chi connectivity index (χ4v) is 4.80. The molecule has 0 aromatic heterocycles. The van der Waals surface area contributed by atoms with Crippen LogP contribution in [0.2, 0.25) is 0 Å². The molecule has 0 unspecified atom stereocenters. The third-order valence-corrected chi connectivity index (χ3v) is 6.61. The Hall–Kier alpha value is -3.52. The fraction of sp³-hybridized carbons (Fsp3) is 0.172. The predicted octanol–water partition coefficient (Wildman–Crippen LogP) is 7.44. The standard InChI is InChI=1S/C29H27NO/c1-29(2)26-13-9-8-12-23(26)24-16-14-22(19-27(24)29)30(3)21-15-17-28(31-4)25(18-21)20-10-6-5-7-11-20/h5-19H,1-4H3. The zero-order chi connectivity index (χ0) is 21.6. The van der Waals surface area contributed by atoms with Crippen LogP contribution in [0.3, 0.4) is 0 Å². The number of anilines is 2. The van der Waals surface area contributed by atoms with Gasteiger partial charge in [0.25, 0.3) is 0 Å². The van der Waals surface area contributed by atoms with Gasteiger partial charge in [0.15, 0.2) is 0 Å². The molecule has 0 radical (unpaired) electrons. The molecule has 0 atom stereocenters. The molecule has 2 nitrogen and oxygen atoms in total. The second-order valence-corrected chi connectivity index (χ2v) is 8.71. The van der Waals surface area contributed by atoms with E-state index in [0.29, 0.717) is 0 Å². The summed E-state index contributed by atoms with van der Waals surface area (Å²) in [7, 11) is 3.86. The molecule has 0 spiro atoms. The Bertz CT molecular complexity index is 1260. The van der Waals surface area contributed by atoms with Crippen molar-refractivity contribution in [1.29, 1.82) is 0 Å². The number of nitrogens with zero attached hydrogens (tertiary/aromatic N) is 1. The highest BCUT2D eigenvalue weighted by molar-refractivity contribution is 5.84. The van der Waals surface area contributed by atoms with E-state index < -0.39 is 0 Å². The van der Waals surface area contributed by atoms with E-state index in [1.165, 1.54) is 27.9 Å². The lowest BCUT2D eigenvalue weighted by molar-refractivity contribution is 0.416. The van der Waals surface area contributed by atoms with Crippen molar-refractivity contribution in [3.8, 4) is 28.0 Å². The van der Waals surface area contributed by atoms with Gasteiger partial charge in [-0.05, 0) is 58.1 Å². The lowest BCUT2D eigenvalue weighted by Crippen LogP contribution is -2.16. The van der Waals surface area contributed by atoms with Crippen LogP contribution in [0, 0.1) is 0 Å². The summed E-state index contributed by atoms with van der Waals surface area (Å²) in [4.78, 5) is 2.26. The number of methoxy groups -OCH3 is 1. The van der Waals surface area contributed by atoms with Gasteiger partial charge in [-0.25, -0.2) is 0 Å². The smallest absolute Gasteiger partial charge is 0.126 e. The van der Waals surface area contributed by atoms with Gasteiger partial charge in [0.2, 0.25) is 0 Å². The Kier molecular flexibility index (Phi) is 4.59. The van der Waals surface area contributed by atoms with Crippen molar-refractivity contribution >= 4 is 11.4 Å². The number of fused-ring (bicyclic) bond motifs is 3. The van der Waals surface area contributed by atoms with Crippen molar-refractivity contribution in [3.63, 3.8) is 0 Å². The molecule has 1 aliphatic rings. The first kappa shape index (κ1) is 19.4. The van der Waals surface area contributed by atoms with Gasteiger partial charge >= 0.3 is 0 Å². The van der Waals surface area contributed by atoms with Crippen molar-refractivity contribution in [2.75, 3.05) is 19.1 Å². The van der Waals surface area contributed by atoms with E-state index in [2.05, 4.69) is 111 Å². The van der Waals surface area contributed by atoms with E-state index in [1.807, 2.05) is 6.07 Å². The highest BCUT2D eigenvalue weighted by atomic mass is 16.5. The minimum atomic E-state index is -0.00210. The van der Waals surface area contributed by atoms with Gasteiger partial charge in [0.05, 0.1) is 7.11 Å². The average molecular weight is 406 g/mol. The summed E-state index contributed by atoms with van der Waals surface area (Å²) < 4.78 is 5.65. The molecular weight excluding hydrogens is 378 g/mol. The van der Waals surface area contributed by atoms with Gasteiger partial charge in [-0.15, -0.1) is 0 Å². The number of ether oxygens (including phenoxy) is 1. The topological polar surface area (TPSA) is 12.5 Å². The Morgan fingerprint density at radius 1 is 0.645 bits per heavy atom. The predicted molar refractivity (Wildman–Crippen MR) is 130 cm³/mol. The molecular formula is C29H27NO. The molecule has 5 rings (SSSR count). The Balaban J connectivity index is 1.57. The summed E-state index contributed by atoms with van der Waals surface area (Å²) >= 11 is 0. The summed E-state index contributed by atoms with van der Waals surface area (Å²) in [5.41, 5.74) is 10.1. The van der Waals surface area contributed by atoms with Crippen LogP contribution in [0.5, 0.6) is 5.75 Å². The van der Waals surface area contributed by atoms with Gasteiger partial charge in [-0.2, -0.15) is 0 Å². The molecule has 0 saturated heterocycles. The van der Waals surface area contributed by atoms with Crippen LogP contribution < -0.4 is 9.64 Å². The molecule has 4 aromatic rings. The highest BCUT2D eigenvalue weighted by Crippen LogP contribution is 2.49. The summed E-state index contributed by atoms with van der Waals surface area (Å²) in [6.07, 6.45) is 0. The maximum Gasteiger partial charge on any atom is 0.126 e. The molecule has 0 heterocycles. The first-order valence-electron chi connectivity index (χ1n) is 10.7. The maximum absolute atomic E-state index is 5.65. The largest absolute Gasteiger partial charge is 0.496 e. The van der Waals surface area contributed by atoms with Gasteiger partial charge in [0, 0.05) is 29.4 Å². The molecule has 1 aliphatic carbocycles. The van der Waals surface area contributed by atoms with Gasteiger partial charge < -0.3 is 9.64 Å². The molecule has 0 saturated carbocycles. The van der Waals surface area contributed by atoms with Crippen LogP contribution in [-0.2, 0) is 5.41 Å². The van der Waals surface area contributed by atoms with Gasteiger partial charge in [-0.3, -0.25) is 0 Å². The molecule has 0 amide bonds. The molecule has 31 heavy (non-hydrogen) atoms. The van der Waals surface area contributed by atoms with Crippen molar-refractivity contribution in [2.24, 2.45) is 0 Å². The quantitative estimate of drug-likeness (QED) is 0.350. The zero-order valence-electron chi connectivity index (χ0n) is 18.5. The first-order valence-corrected chi connectivity index (χ1v) is 10.7. The van der Waals surface area contributed by atoms with Gasteiger partial charge in [0.1, 0.15) is 5.75 Å². The third kappa shape index (κ3) is 3.11. The first-order chi connectivity index (χ1) is 15.0. The van der Waals surface area contributed by atoms with E-state index in [-0.39, 0.29) is 5.41 Å². The molecule has 0 aliphatic heterocycles. The molecule has 4 aromatic carbocycles. The minimum Gasteiger partial charge on any atom is -0.496 e. The lowest BCUT2D eigenvalue weighted by atomic mass is 9.82. The van der Waals surface area contributed by atoms with Crippen molar-refractivity contribution in [2.45, 2.75) is 19.3 Å². The number of hydrogen-bond donors (Lipinski definition) is 0. The SMILES string of the molecule is COc1ccc(N(C)c2ccc3c(c2)C(C)(C)c2ccccc2-3)cc1-c1ccccc1. The summed E-state index contributed by atoms with van der Waals surface area (Å²) in [5.74, 6) is 0.883. The molecule has 0 N–H and O–H groups in total. The lowest BCUT2D eigenvalue weighted by Gasteiger charge is -2.25. The van der Waals surface area contributed by atoms with Crippen molar-refractivity contribution < 1.29 is 4.74 Å². The Morgan fingerprint density at radius 3 is 2.06 bits per heavy atom. The number of rotatable bonds is 4. The Labute approximate surface area is 184 Å². The van der Waals surface area contributed by atoms with Crippen molar-refractivity contribution in [3.05, 3.63) is 102 Å². The van der Waals surface area contributed by atoms with Crippen LogP contribution in [0.4, 0.5) is 11.4 Å². The van der Waals surface area contributed by atoms with Gasteiger partial charge in [-0.1, -0.05) is 74.5 Å². The number of hydrogen-bond acceptors (Lipinski definition) is 2. The van der Waals surface area contributed by atoms with Crippen LogP contribution >= 0.6 is 0 Å². The van der Waals surface area contributed by atoms with E-state index >= 15 is 0 Å². The summed E-state index contributed by atoms with van der Waals surface area (Å²) in [5, 5.41) is 0. The second kappa shape index (κ2) is 7.31. The van der Waals surface area contributed by atoms with E-state index in [0.717, 1.165) is 22.6 Å². The second-order valence-electron chi connectivity index (χ2n) is 8.71. The van der Waals surface area contributed by atoms with Crippen molar-refractivity contribution in [1.82, 2.24) is 0 Å². The summed E-state index contributed by atoms with van der Waals surface area (Å²) in [6, 6.07) is 32.4. The summed E-state index contributed by atoms with van der Waals surface area (Å²) in [6.45, 7) is 4.64. The fourth-order valence-electron chi connectivity index (χ4n) is 4.80. The third-order valence-electron chi connectivity index (χ3n) is 6.61. The van der Waals surface area contributed by atoms with E-state index in [1.54, 1.807) is 7.11 Å². The molecule has 2 heteroatoms. The normalized spacial score (nSPS) is 13.4. The highest BCUT2D eigenvalue weighted by Gasteiger charge is 2.35. The molecule has 154 valence electrons. The maximum atomic E-state index is 5.65. The van der Waals surface area contributed by atoms with E-state index in [9.17, 15) is 0 Å². The van der Waals surface area contributed by atoms with Crippen LogP contribution in [-0.4, -0.2) is 14.2 Å². The van der Waals surface area contributed by atoms with Crippen LogP contribution in [0.25, 0.3) is 22.3 Å². The molecule has 0 bridgehead atoms. The zero-order valence-corrected chi connectivity index (χ0v) is 18.5. The Morgan fingerprint density at radius 2 is 1.29 bits per heavy atom.